The Hall–Kier alpha value is -2.35. The van der Waals surface area contributed by atoms with Crippen molar-refractivity contribution in [3.8, 4) is 17.0 Å². The summed E-state index contributed by atoms with van der Waals surface area (Å²) in [6.45, 7) is 3.78. The van der Waals surface area contributed by atoms with E-state index in [0.717, 1.165) is 12.0 Å². The Morgan fingerprint density at radius 3 is 2.56 bits per heavy atom. The molecular weight excluding hydrogens is 353 g/mol. The Morgan fingerprint density at radius 1 is 1.24 bits per heavy atom. The average molecular weight is 366 g/mol. The van der Waals surface area contributed by atoms with Gasteiger partial charge in [0.2, 0.25) is 0 Å². The number of rotatable bonds is 4. The van der Waals surface area contributed by atoms with Gasteiger partial charge in [-0.25, -0.2) is 9.97 Å². The summed E-state index contributed by atoms with van der Waals surface area (Å²) in [6, 6.07) is 5.42. The SMILES string of the molecule is C=CC1CCc2c(nc(C=O)nc2-c2ccc(OC(F)(F)F)cc2)S1. The van der Waals surface area contributed by atoms with Gasteiger partial charge in [0.05, 0.1) is 5.69 Å². The molecule has 1 aromatic carbocycles. The van der Waals surface area contributed by atoms with Crippen LogP contribution in [0.1, 0.15) is 22.6 Å². The van der Waals surface area contributed by atoms with Crippen LogP contribution in [-0.4, -0.2) is 27.9 Å². The first-order valence-electron chi connectivity index (χ1n) is 7.41. The number of aldehydes is 1. The summed E-state index contributed by atoms with van der Waals surface area (Å²) in [4.78, 5) is 19.6. The lowest BCUT2D eigenvalue weighted by atomic mass is 10.0. The minimum absolute atomic E-state index is 0.0431. The summed E-state index contributed by atoms with van der Waals surface area (Å²) >= 11 is 1.50. The molecule has 1 unspecified atom stereocenters. The largest absolute Gasteiger partial charge is 0.573 e. The number of ether oxygens (including phenoxy) is 1. The summed E-state index contributed by atoms with van der Waals surface area (Å²) in [6.07, 6.45) is -0.791. The summed E-state index contributed by atoms with van der Waals surface area (Å²) in [5, 5.41) is 0.913. The van der Waals surface area contributed by atoms with Crippen molar-refractivity contribution >= 4 is 18.0 Å². The predicted octanol–water partition coefficient (Wildman–Crippen LogP) is 4.45. The lowest BCUT2D eigenvalue weighted by Crippen LogP contribution is -2.17. The number of hydrogen-bond donors (Lipinski definition) is 0. The predicted molar refractivity (Wildman–Crippen MR) is 87.7 cm³/mol. The van der Waals surface area contributed by atoms with Gasteiger partial charge < -0.3 is 4.74 Å². The molecule has 0 saturated carbocycles. The first-order valence-corrected chi connectivity index (χ1v) is 8.29. The van der Waals surface area contributed by atoms with Crippen molar-refractivity contribution in [1.29, 1.82) is 0 Å². The zero-order valence-corrected chi connectivity index (χ0v) is 13.7. The van der Waals surface area contributed by atoms with E-state index in [9.17, 15) is 18.0 Å². The highest BCUT2D eigenvalue weighted by Crippen LogP contribution is 2.39. The third kappa shape index (κ3) is 4.01. The van der Waals surface area contributed by atoms with E-state index in [4.69, 9.17) is 0 Å². The molecule has 3 rings (SSSR count). The molecule has 0 aliphatic carbocycles. The van der Waals surface area contributed by atoms with Gasteiger partial charge in [-0.3, -0.25) is 4.79 Å². The Kier molecular flexibility index (Phi) is 4.80. The van der Waals surface area contributed by atoms with E-state index in [1.165, 1.54) is 36.0 Å². The molecule has 1 atom stereocenters. The van der Waals surface area contributed by atoms with Crippen LogP contribution in [0.4, 0.5) is 13.2 Å². The number of aromatic nitrogens is 2. The normalized spacial score (nSPS) is 16.8. The standard InChI is InChI=1S/C17H13F3N2O2S/c1-2-12-7-8-13-15(21-14(9-23)22-16(13)25-12)10-3-5-11(6-4-10)24-17(18,19)20/h2-6,9,12H,1,7-8H2. The van der Waals surface area contributed by atoms with Crippen molar-refractivity contribution in [3.05, 3.63) is 48.3 Å². The summed E-state index contributed by atoms with van der Waals surface area (Å²) < 4.78 is 40.7. The van der Waals surface area contributed by atoms with Crippen LogP contribution < -0.4 is 4.74 Å². The maximum Gasteiger partial charge on any atom is 0.573 e. The molecule has 2 heterocycles. The van der Waals surface area contributed by atoms with E-state index in [-0.39, 0.29) is 16.8 Å². The highest BCUT2D eigenvalue weighted by Gasteiger charge is 2.31. The molecule has 4 nitrogen and oxygen atoms in total. The molecule has 1 aliphatic rings. The Morgan fingerprint density at radius 2 is 1.96 bits per heavy atom. The zero-order chi connectivity index (χ0) is 18.0. The molecule has 8 heteroatoms. The zero-order valence-electron chi connectivity index (χ0n) is 12.9. The van der Waals surface area contributed by atoms with Crippen molar-refractivity contribution in [2.24, 2.45) is 0 Å². The third-order valence-electron chi connectivity index (χ3n) is 3.66. The van der Waals surface area contributed by atoms with Gasteiger partial charge in [0, 0.05) is 16.4 Å². The second-order valence-corrected chi connectivity index (χ2v) is 6.56. The van der Waals surface area contributed by atoms with Crippen LogP contribution in [0, 0.1) is 0 Å². The number of carbonyl (C=O) groups excluding carboxylic acids is 1. The molecule has 0 spiro atoms. The number of benzene rings is 1. The molecule has 1 aliphatic heterocycles. The van der Waals surface area contributed by atoms with Crippen molar-refractivity contribution < 1.29 is 22.7 Å². The molecule has 130 valence electrons. The van der Waals surface area contributed by atoms with Crippen molar-refractivity contribution in [2.45, 2.75) is 29.5 Å². The van der Waals surface area contributed by atoms with Crippen molar-refractivity contribution in [2.75, 3.05) is 0 Å². The maximum absolute atomic E-state index is 12.3. The van der Waals surface area contributed by atoms with E-state index in [1.807, 2.05) is 6.08 Å². The van der Waals surface area contributed by atoms with Crippen LogP contribution >= 0.6 is 11.8 Å². The molecule has 2 aromatic rings. The number of halogens is 3. The summed E-state index contributed by atoms with van der Waals surface area (Å²) in [7, 11) is 0. The van der Waals surface area contributed by atoms with Gasteiger partial charge >= 0.3 is 6.36 Å². The fraction of sp³-hybridized carbons (Fsp3) is 0.235. The fourth-order valence-electron chi connectivity index (χ4n) is 2.56. The first kappa shape index (κ1) is 17.5. The second-order valence-electron chi connectivity index (χ2n) is 5.33. The highest BCUT2D eigenvalue weighted by atomic mass is 32.2. The van der Waals surface area contributed by atoms with Gasteiger partial charge in [0.15, 0.2) is 12.1 Å². The molecule has 25 heavy (non-hydrogen) atoms. The monoisotopic (exact) mass is 366 g/mol. The van der Waals surface area contributed by atoms with E-state index in [2.05, 4.69) is 21.3 Å². The number of carbonyl (C=O) groups is 1. The molecular formula is C17H13F3N2O2S. The van der Waals surface area contributed by atoms with Crippen molar-refractivity contribution in [1.82, 2.24) is 9.97 Å². The van der Waals surface area contributed by atoms with Gasteiger partial charge in [-0.1, -0.05) is 17.8 Å². The van der Waals surface area contributed by atoms with E-state index in [0.29, 0.717) is 29.0 Å². The molecule has 1 aromatic heterocycles. The Labute approximate surface area is 146 Å². The van der Waals surface area contributed by atoms with Gasteiger partial charge in [-0.05, 0) is 37.1 Å². The van der Waals surface area contributed by atoms with Crippen LogP contribution in [0.5, 0.6) is 5.75 Å². The lowest BCUT2D eigenvalue weighted by molar-refractivity contribution is -0.274. The summed E-state index contributed by atoms with van der Waals surface area (Å²) in [5.41, 5.74) is 2.05. The molecule has 0 saturated heterocycles. The molecule has 0 radical (unpaired) electrons. The first-order chi connectivity index (χ1) is 11.9. The number of hydrogen-bond acceptors (Lipinski definition) is 5. The number of alkyl halides is 3. The fourth-order valence-corrected chi connectivity index (χ4v) is 3.67. The Bertz CT molecular complexity index is 807. The van der Waals surface area contributed by atoms with Crippen LogP contribution in [0.25, 0.3) is 11.3 Å². The van der Waals surface area contributed by atoms with Crippen LogP contribution in [0.15, 0.2) is 41.9 Å². The van der Waals surface area contributed by atoms with Gasteiger partial charge in [0.25, 0.3) is 0 Å². The number of thioether (sulfide) groups is 1. The highest BCUT2D eigenvalue weighted by molar-refractivity contribution is 8.00. The van der Waals surface area contributed by atoms with Gasteiger partial charge in [-0.15, -0.1) is 19.8 Å². The number of nitrogens with zero attached hydrogens (tertiary/aromatic N) is 2. The topological polar surface area (TPSA) is 52.1 Å². The summed E-state index contributed by atoms with van der Waals surface area (Å²) in [5.74, 6) is -0.266. The average Bonchev–Trinajstić information content (AvgIpc) is 2.59. The minimum Gasteiger partial charge on any atom is -0.406 e. The van der Waals surface area contributed by atoms with Crippen LogP contribution in [0.3, 0.4) is 0 Å². The maximum atomic E-state index is 12.3. The van der Waals surface area contributed by atoms with Crippen LogP contribution in [0.2, 0.25) is 0 Å². The second kappa shape index (κ2) is 6.87. The third-order valence-corrected chi connectivity index (χ3v) is 4.95. The lowest BCUT2D eigenvalue weighted by Gasteiger charge is -2.22. The van der Waals surface area contributed by atoms with Crippen molar-refractivity contribution in [3.63, 3.8) is 0 Å². The number of fused-ring (bicyclic) bond motifs is 1. The van der Waals surface area contributed by atoms with E-state index < -0.39 is 6.36 Å². The molecule has 0 bridgehead atoms. The van der Waals surface area contributed by atoms with Gasteiger partial charge in [0.1, 0.15) is 10.8 Å². The quantitative estimate of drug-likeness (QED) is 0.455. The minimum atomic E-state index is -4.74. The molecule has 0 amide bonds. The van der Waals surface area contributed by atoms with Gasteiger partial charge in [-0.2, -0.15) is 0 Å². The van der Waals surface area contributed by atoms with E-state index in [1.54, 1.807) is 0 Å². The smallest absolute Gasteiger partial charge is 0.406 e. The molecule has 0 N–H and O–H groups in total. The molecule has 0 fully saturated rings. The van der Waals surface area contributed by atoms with E-state index >= 15 is 0 Å². The Balaban J connectivity index is 1.99. The van der Waals surface area contributed by atoms with Crippen LogP contribution in [-0.2, 0) is 6.42 Å².